The number of hydrogen-bond acceptors (Lipinski definition) is 4. The van der Waals surface area contributed by atoms with Crippen LogP contribution in [0, 0.1) is 0 Å². The molecular weight excluding hydrogens is 256 g/mol. The Morgan fingerprint density at radius 2 is 1.89 bits per heavy atom. The van der Waals surface area contributed by atoms with Crippen molar-refractivity contribution in [3.63, 3.8) is 0 Å². The van der Waals surface area contributed by atoms with Crippen LogP contribution in [-0.2, 0) is 0 Å². The van der Waals surface area contributed by atoms with Crippen LogP contribution in [-0.4, -0.2) is 18.3 Å². The number of nitrogens with zero attached hydrogens (tertiary/aromatic N) is 2. The van der Waals surface area contributed by atoms with E-state index in [1.807, 2.05) is 42.5 Å². The minimum absolute atomic E-state index is 0.757. The summed E-state index contributed by atoms with van der Waals surface area (Å²) in [6, 6.07) is 15.8. The normalized spacial score (nSPS) is 11.2. The highest BCUT2D eigenvalue weighted by Crippen LogP contribution is 2.27. The fourth-order valence-electron chi connectivity index (χ4n) is 1.81. The van der Waals surface area contributed by atoms with Gasteiger partial charge in [-0.15, -0.1) is 0 Å². The Morgan fingerprint density at radius 1 is 1.11 bits per heavy atom. The van der Waals surface area contributed by atoms with Gasteiger partial charge in [0.15, 0.2) is 0 Å². The molecule has 0 atom stereocenters. The summed E-state index contributed by atoms with van der Waals surface area (Å²) in [5.41, 5.74) is 1.93. The molecule has 2 aromatic carbocycles. The van der Waals surface area contributed by atoms with Crippen molar-refractivity contribution >= 4 is 32.9 Å². The highest BCUT2D eigenvalue weighted by Gasteiger charge is 2.02. The van der Waals surface area contributed by atoms with Gasteiger partial charge in [0.2, 0.25) is 5.13 Å². The Hall–Kier alpha value is -2.20. The van der Waals surface area contributed by atoms with Gasteiger partial charge in [0, 0.05) is 11.8 Å². The van der Waals surface area contributed by atoms with Gasteiger partial charge in [-0.25, -0.2) is 9.98 Å². The molecule has 0 radical (unpaired) electrons. The van der Waals surface area contributed by atoms with E-state index in [4.69, 9.17) is 4.74 Å². The Bertz CT molecular complexity index is 701. The first-order valence-electron chi connectivity index (χ1n) is 5.89. The molecule has 0 saturated carbocycles. The number of aromatic nitrogens is 1. The van der Waals surface area contributed by atoms with Crippen molar-refractivity contribution in [1.29, 1.82) is 0 Å². The van der Waals surface area contributed by atoms with Gasteiger partial charge in [0.1, 0.15) is 5.75 Å². The van der Waals surface area contributed by atoms with Gasteiger partial charge < -0.3 is 4.74 Å². The van der Waals surface area contributed by atoms with Crippen LogP contribution in [0.1, 0.15) is 5.56 Å². The third-order valence-corrected chi connectivity index (χ3v) is 3.68. The zero-order chi connectivity index (χ0) is 13.1. The van der Waals surface area contributed by atoms with E-state index < -0.39 is 0 Å². The Kier molecular flexibility index (Phi) is 3.25. The topological polar surface area (TPSA) is 34.5 Å². The van der Waals surface area contributed by atoms with E-state index in [9.17, 15) is 0 Å². The van der Waals surface area contributed by atoms with Crippen LogP contribution >= 0.6 is 11.3 Å². The first-order chi connectivity index (χ1) is 9.36. The highest BCUT2D eigenvalue weighted by molar-refractivity contribution is 7.22. The highest BCUT2D eigenvalue weighted by atomic mass is 32.1. The third-order valence-electron chi connectivity index (χ3n) is 2.74. The van der Waals surface area contributed by atoms with E-state index in [1.54, 1.807) is 24.7 Å². The summed E-state index contributed by atoms with van der Waals surface area (Å²) in [6.45, 7) is 0. The lowest BCUT2D eigenvalue weighted by molar-refractivity contribution is 0.414. The molecule has 19 heavy (non-hydrogen) atoms. The standard InChI is InChI=1S/C15H12N2OS/c1-18-13-8-4-2-6-11(13)10-16-15-17-12-7-3-5-9-14(12)19-15/h2-10H,1H3/b16-10+. The molecule has 0 bridgehead atoms. The zero-order valence-corrected chi connectivity index (χ0v) is 11.2. The minimum Gasteiger partial charge on any atom is -0.496 e. The first-order valence-corrected chi connectivity index (χ1v) is 6.71. The Labute approximate surface area is 115 Å². The maximum Gasteiger partial charge on any atom is 0.210 e. The molecule has 0 unspecified atom stereocenters. The van der Waals surface area contributed by atoms with E-state index in [2.05, 4.69) is 16.0 Å². The van der Waals surface area contributed by atoms with E-state index >= 15 is 0 Å². The SMILES string of the molecule is COc1ccccc1/C=N/c1nc2ccccc2s1. The quantitative estimate of drug-likeness (QED) is 0.671. The van der Waals surface area contributed by atoms with Gasteiger partial charge >= 0.3 is 0 Å². The molecule has 1 aromatic heterocycles. The molecule has 0 saturated heterocycles. The Morgan fingerprint density at radius 3 is 2.74 bits per heavy atom. The lowest BCUT2D eigenvalue weighted by Gasteiger charge is -2.01. The van der Waals surface area contributed by atoms with Gasteiger partial charge in [-0.1, -0.05) is 35.6 Å². The van der Waals surface area contributed by atoms with Crippen molar-refractivity contribution in [1.82, 2.24) is 4.98 Å². The number of para-hydroxylation sites is 2. The predicted molar refractivity (Wildman–Crippen MR) is 79.9 cm³/mol. The molecule has 1 heterocycles. The van der Waals surface area contributed by atoms with Crippen LogP contribution in [0.4, 0.5) is 5.13 Å². The fourth-order valence-corrected chi connectivity index (χ4v) is 2.62. The van der Waals surface area contributed by atoms with Crippen LogP contribution in [0.25, 0.3) is 10.2 Å². The molecule has 0 amide bonds. The zero-order valence-electron chi connectivity index (χ0n) is 10.4. The summed E-state index contributed by atoms with van der Waals surface area (Å²) in [5.74, 6) is 0.812. The lowest BCUT2D eigenvalue weighted by atomic mass is 10.2. The average molecular weight is 268 g/mol. The number of methoxy groups -OCH3 is 1. The maximum atomic E-state index is 5.28. The van der Waals surface area contributed by atoms with Crippen molar-refractivity contribution in [3.05, 3.63) is 54.1 Å². The third kappa shape index (κ3) is 2.48. The van der Waals surface area contributed by atoms with E-state index in [1.165, 1.54) is 0 Å². The van der Waals surface area contributed by atoms with E-state index in [0.29, 0.717) is 0 Å². The number of rotatable bonds is 3. The second-order valence-corrected chi connectivity index (χ2v) is 4.97. The van der Waals surface area contributed by atoms with Crippen LogP contribution < -0.4 is 4.74 Å². The fraction of sp³-hybridized carbons (Fsp3) is 0.0667. The van der Waals surface area contributed by atoms with Crippen molar-refractivity contribution in [2.24, 2.45) is 4.99 Å². The molecule has 3 rings (SSSR count). The number of ether oxygens (including phenoxy) is 1. The summed E-state index contributed by atoms with van der Waals surface area (Å²) >= 11 is 1.58. The molecule has 0 aliphatic carbocycles. The maximum absolute atomic E-state index is 5.28. The van der Waals surface area contributed by atoms with Crippen molar-refractivity contribution in [2.45, 2.75) is 0 Å². The van der Waals surface area contributed by atoms with Gasteiger partial charge in [-0.3, -0.25) is 0 Å². The first kappa shape index (κ1) is 11.9. The molecule has 0 spiro atoms. The average Bonchev–Trinajstić information content (AvgIpc) is 2.88. The van der Waals surface area contributed by atoms with Gasteiger partial charge in [-0.05, 0) is 24.3 Å². The summed E-state index contributed by atoms with van der Waals surface area (Å²) in [5, 5.41) is 0.757. The molecule has 94 valence electrons. The van der Waals surface area contributed by atoms with Crippen LogP contribution in [0.15, 0.2) is 53.5 Å². The summed E-state index contributed by atoms with van der Waals surface area (Å²) in [7, 11) is 1.66. The van der Waals surface area contributed by atoms with Gasteiger partial charge in [0.05, 0.1) is 17.3 Å². The largest absolute Gasteiger partial charge is 0.496 e. The van der Waals surface area contributed by atoms with Crippen LogP contribution in [0.3, 0.4) is 0 Å². The summed E-state index contributed by atoms with van der Waals surface area (Å²) < 4.78 is 6.43. The molecular formula is C15H12N2OS. The molecule has 0 aliphatic heterocycles. The van der Waals surface area contributed by atoms with E-state index in [-0.39, 0.29) is 0 Å². The smallest absolute Gasteiger partial charge is 0.210 e. The molecule has 0 fully saturated rings. The van der Waals surface area contributed by atoms with Gasteiger partial charge in [0.25, 0.3) is 0 Å². The molecule has 0 aliphatic rings. The number of thiazole rings is 1. The molecule has 0 N–H and O–H groups in total. The molecule has 4 heteroatoms. The van der Waals surface area contributed by atoms with Crippen molar-refractivity contribution < 1.29 is 4.74 Å². The second-order valence-electron chi connectivity index (χ2n) is 3.96. The summed E-state index contributed by atoms with van der Waals surface area (Å²) in [6.07, 6.45) is 1.79. The second kappa shape index (κ2) is 5.20. The number of benzene rings is 2. The summed E-state index contributed by atoms with van der Waals surface area (Å²) in [4.78, 5) is 8.89. The van der Waals surface area contributed by atoms with Crippen LogP contribution in [0.5, 0.6) is 5.75 Å². The predicted octanol–water partition coefficient (Wildman–Crippen LogP) is 4.06. The van der Waals surface area contributed by atoms with Crippen molar-refractivity contribution in [3.8, 4) is 5.75 Å². The van der Waals surface area contributed by atoms with E-state index in [0.717, 1.165) is 26.7 Å². The number of fused-ring (bicyclic) bond motifs is 1. The molecule has 3 nitrogen and oxygen atoms in total. The lowest BCUT2D eigenvalue weighted by Crippen LogP contribution is -1.89. The number of hydrogen-bond donors (Lipinski definition) is 0. The molecule has 3 aromatic rings. The van der Waals surface area contributed by atoms with Crippen LogP contribution in [0.2, 0.25) is 0 Å². The van der Waals surface area contributed by atoms with Gasteiger partial charge in [-0.2, -0.15) is 0 Å². The monoisotopic (exact) mass is 268 g/mol. The minimum atomic E-state index is 0.757. The Balaban J connectivity index is 1.93. The van der Waals surface area contributed by atoms with Crippen molar-refractivity contribution in [2.75, 3.05) is 7.11 Å². The number of aliphatic imine (C=N–C) groups is 1.